The number of ether oxygens (including phenoxy) is 1. The number of piperidine rings is 1. The number of esters is 1. The predicted molar refractivity (Wildman–Crippen MR) is 146 cm³/mol. The molecule has 7 nitrogen and oxygen atoms in total. The molecule has 0 radical (unpaired) electrons. The van der Waals surface area contributed by atoms with E-state index in [2.05, 4.69) is 11.8 Å². The second-order valence-corrected chi connectivity index (χ2v) is 10.5. The second-order valence-electron chi connectivity index (χ2n) is 8.84. The summed E-state index contributed by atoms with van der Waals surface area (Å²) in [7, 11) is 1.76. The summed E-state index contributed by atoms with van der Waals surface area (Å²) in [6, 6.07) is 7.80. The quantitative estimate of drug-likeness (QED) is 0.310. The Balaban J connectivity index is 1.77. The molecular formula is C26H31N3O4S2. The SMILES string of the molecule is CCCCN1C(=O)C(=Cc2c(N3CCC(C(=O)OCC)CC3)c3ccccc3n(C)c2=O)SC1=S. The van der Waals surface area contributed by atoms with Crippen LogP contribution in [-0.2, 0) is 21.4 Å². The molecule has 2 saturated heterocycles. The summed E-state index contributed by atoms with van der Waals surface area (Å²) in [5.74, 6) is -0.435. The number of thioether (sulfide) groups is 1. The number of anilines is 1. The molecule has 1 aromatic heterocycles. The number of carbonyl (C=O) groups excluding carboxylic acids is 2. The van der Waals surface area contributed by atoms with Crippen LogP contribution < -0.4 is 10.5 Å². The highest BCUT2D eigenvalue weighted by Gasteiger charge is 2.33. The molecule has 2 aliphatic heterocycles. The molecule has 3 heterocycles. The molecule has 0 bridgehead atoms. The fourth-order valence-corrected chi connectivity index (χ4v) is 6.00. The van der Waals surface area contributed by atoms with Crippen molar-refractivity contribution in [1.82, 2.24) is 9.47 Å². The third-order valence-corrected chi connectivity index (χ3v) is 8.00. The zero-order valence-corrected chi connectivity index (χ0v) is 22.0. The van der Waals surface area contributed by atoms with Gasteiger partial charge in [0.15, 0.2) is 0 Å². The summed E-state index contributed by atoms with van der Waals surface area (Å²) in [5, 5.41) is 0.942. The summed E-state index contributed by atoms with van der Waals surface area (Å²) in [6.45, 7) is 6.10. The van der Waals surface area contributed by atoms with Crippen LogP contribution in [0.4, 0.5) is 5.69 Å². The van der Waals surface area contributed by atoms with Crippen LogP contribution >= 0.6 is 24.0 Å². The van der Waals surface area contributed by atoms with E-state index in [0.29, 0.717) is 53.9 Å². The number of amides is 1. The molecule has 35 heavy (non-hydrogen) atoms. The van der Waals surface area contributed by atoms with E-state index in [9.17, 15) is 14.4 Å². The fourth-order valence-electron chi connectivity index (χ4n) is 4.71. The highest BCUT2D eigenvalue weighted by Crippen LogP contribution is 2.37. The summed E-state index contributed by atoms with van der Waals surface area (Å²) < 4.78 is 7.39. The smallest absolute Gasteiger partial charge is 0.309 e. The van der Waals surface area contributed by atoms with Crippen LogP contribution in [0.15, 0.2) is 34.0 Å². The van der Waals surface area contributed by atoms with Crippen molar-refractivity contribution in [2.45, 2.75) is 39.5 Å². The number of rotatable bonds is 7. The lowest BCUT2D eigenvalue weighted by Crippen LogP contribution is -2.38. The van der Waals surface area contributed by atoms with Gasteiger partial charge in [0.1, 0.15) is 4.32 Å². The van der Waals surface area contributed by atoms with E-state index in [1.807, 2.05) is 31.2 Å². The summed E-state index contributed by atoms with van der Waals surface area (Å²) in [5.41, 5.74) is 1.96. The zero-order chi connectivity index (χ0) is 25.1. The van der Waals surface area contributed by atoms with E-state index in [1.165, 1.54) is 11.8 Å². The highest BCUT2D eigenvalue weighted by atomic mass is 32.2. The van der Waals surface area contributed by atoms with Crippen LogP contribution in [0.1, 0.15) is 45.1 Å². The van der Waals surface area contributed by atoms with E-state index < -0.39 is 0 Å². The number of nitrogens with zero attached hydrogens (tertiary/aromatic N) is 3. The number of pyridine rings is 1. The highest BCUT2D eigenvalue weighted by molar-refractivity contribution is 8.26. The van der Waals surface area contributed by atoms with Gasteiger partial charge in [0, 0.05) is 32.1 Å². The van der Waals surface area contributed by atoms with Gasteiger partial charge in [-0.3, -0.25) is 19.3 Å². The molecular weight excluding hydrogens is 482 g/mol. The van der Waals surface area contributed by atoms with Crippen LogP contribution in [0.2, 0.25) is 0 Å². The van der Waals surface area contributed by atoms with E-state index in [0.717, 1.165) is 29.4 Å². The summed E-state index contributed by atoms with van der Waals surface area (Å²) in [6.07, 6.45) is 4.86. The Morgan fingerprint density at radius 3 is 2.60 bits per heavy atom. The minimum atomic E-state index is -0.162. The Labute approximate surface area is 215 Å². The van der Waals surface area contributed by atoms with Gasteiger partial charge in [0.25, 0.3) is 11.5 Å². The number of para-hydroxylation sites is 1. The predicted octanol–water partition coefficient (Wildman–Crippen LogP) is 4.32. The van der Waals surface area contributed by atoms with Crippen molar-refractivity contribution in [3.63, 3.8) is 0 Å². The monoisotopic (exact) mass is 513 g/mol. The maximum atomic E-state index is 13.6. The maximum absolute atomic E-state index is 13.6. The van der Waals surface area contributed by atoms with Crippen molar-refractivity contribution in [3.05, 3.63) is 45.1 Å². The van der Waals surface area contributed by atoms with Crippen molar-refractivity contribution in [1.29, 1.82) is 0 Å². The lowest BCUT2D eigenvalue weighted by molar-refractivity contribution is -0.148. The number of aryl methyl sites for hydroxylation is 1. The van der Waals surface area contributed by atoms with Gasteiger partial charge in [0.05, 0.1) is 34.2 Å². The van der Waals surface area contributed by atoms with Crippen molar-refractivity contribution < 1.29 is 14.3 Å². The van der Waals surface area contributed by atoms with Gasteiger partial charge in [-0.1, -0.05) is 55.5 Å². The molecule has 0 aliphatic carbocycles. The van der Waals surface area contributed by atoms with E-state index in [-0.39, 0.29) is 23.4 Å². The molecule has 2 aliphatic rings. The first-order valence-corrected chi connectivity index (χ1v) is 13.4. The van der Waals surface area contributed by atoms with Gasteiger partial charge in [0.2, 0.25) is 0 Å². The second kappa shape index (κ2) is 11.0. The molecule has 186 valence electrons. The average molecular weight is 514 g/mol. The number of thiocarbonyl (C=S) groups is 1. The van der Waals surface area contributed by atoms with Crippen LogP contribution in [-0.4, -0.2) is 51.9 Å². The van der Waals surface area contributed by atoms with E-state index >= 15 is 0 Å². The fraction of sp³-hybridized carbons (Fsp3) is 0.462. The minimum Gasteiger partial charge on any atom is -0.466 e. The van der Waals surface area contributed by atoms with Gasteiger partial charge in [-0.15, -0.1) is 0 Å². The van der Waals surface area contributed by atoms with Crippen LogP contribution in [0.5, 0.6) is 0 Å². The number of carbonyl (C=O) groups is 2. The van der Waals surface area contributed by atoms with Crippen molar-refractivity contribution in [3.8, 4) is 0 Å². The number of aromatic nitrogens is 1. The van der Waals surface area contributed by atoms with Gasteiger partial charge < -0.3 is 14.2 Å². The largest absolute Gasteiger partial charge is 0.466 e. The van der Waals surface area contributed by atoms with Gasteiger partial charge in [-0.25, -0.2) is 0 Å². The number of unbranched alkanes of at least 4 members (excludes halogenated alkanes) is 1. The van der Waals surface area contributed by atoms with Gasteiger partial charge in [-0.05, 0) is 38.3 Å². The molecule has 9 heteroatoms. The van der Waals surface area contributed by atoms with E-state index in [4.69, 9.17) is 17.0 Å². The molecule has 0 N–H and O–H groups in total. The Morgan fingerprint density at radius 2 is 1.91 bits per heavy atom. The average Bonchev–Trinajstić information content (AvgIpc) is 3.13. The molecule has 0 unspecified atom stereocenters. The summed E-state index contributed by atoms with van der Waals surface area (Å²) in [4.78, 5) is 43.2. The number of fused-ring (bicyclic) bond motifs is 1. The Morgan fingerprint density at radius 1 is 1.20 bits per heavy atom. The van der Waals surface area contributed by atoms with Gasteiger partial charge >= 0.3 is 5.97 Å². The number of hydrogen-bond acceptors (Lipinski definition) is 7. The van der Waals surface area contributed by atoms with Crippen molar-refractivity contribution in [2.75, 3.05) is 31.1 Å². The third-order valence-electron chi connectivity index (χ3n) is 6.63. The van der Waals surface area contributed by atoms with Crippen LogP contribution in [0, 0.1) is 5.92 Å². The molecule has 4 rings (SSSR count). The first kappa shape index (κ1) is 25.4. The molecule has 0 atom stereocenters. The van der Waals surface area contributed by atoms with Crippen LogP contribution in [0.3, 0.4) is 0 Å². The third kappa shape index (κ3) is 5.02. The molecule has 1 aromatic carbocycles. The Hall–Kier alpha value is -2.65. The van der Waals surface area contributed by atoms with Gasteiger partial charge in [-0.2, -0.15) is 0 Å². The molecule has 0 spiro atoms. The van der Waals surface area contributed by atoms with Crippen molar-refractivity contribution in [2.24, 2.45) is 13.0 Å². The van der Waals surface area contributed by atoms with Crippen molar-refractivity contribution >= 4 is 62.8 Å². The zero-order valence-electron chi connectivity index (χ0n) is 20.4. The Bertz CT molecular complexity index is 1250. The lowest BCUT2D eigenvalue weighted by atomic mass is 9.95. The van der Waals surface area contributed by atoms with Crippen LogP contribution in [0.25, 0.3) is 17.0 Å². The first-order chi connectivity index (χ1) is 16.9. The minimum absolute atomic E-state index is 0.137. The maximum Gasteiger partial charge on any atom is 0.309 e. The standard InChI is InChI=1S/C26H31N3O4S2/c1-4-6-13-29-24(31)21(35-26(29)34)16-19-22(18-9-7-8-10-20(18)27(3)23(19)30)28-14-11-17(12-15-28)25(32)33-5-2/h7-10,16-17H,4-6,11-15H2,1-3H3. The molecule has 2 fully saturated rings. The summed E-state index contributed by atoms with van der Waals surface area (Å²) >= 11 is 6.72. The van der Waals surface area contributed by atoms with E-state index in [1.54, 1.807) is 22.6 Å². The molecule has 2 aromatic rings. The molecule has 1 amide bonds. The Kier molecular flexibility index (Phi) is 7.96. The molecule has 0 saturated carbocycles. The number of hydrogen-bond donors (Lipinski definition) is 0. The lowest BCUT2D eigenvalue weighted by Gasteiger charge is -2.34. The number of benzene rings is 1. The topological polar surface area (TPSA) is 71.9 Å². The first-order valence-electron chi connectivity index (χ1n) is 12.2. The normalized spacial score (nSPS) is 18.2.